The second-order valence-electron chi connectivity index (χ2n) is 7.20. The summed E-state index contributed by atoms with van der Waals surface area (Å²) >= 11 is 0. The van der Waals surface area contributed by atoms with E-state index in [0.29, 0.717) is 11.1 Å². The molecule has 2 N–H and O–H groups in total. The zero-order valence-electron chi connectivity index (χ0n) is 14.9. The van der Waals surface area contributed by atoms with Gasteiger partial charge in [0.1, 0.15) is 0 Å². The smallest absolute Gasteiger partial charge is 0.330 e. The summed E-state index contributed by atoms with van der Waals surface area (Å²) in [6.45, 7) is 5.91. The predicted molar refractivity (Wildman–Crippen MR) is 99.0 cm³/mol. The topological polar surface area (TPSA) is 84.2 Å². The second-order valence-corrected chi connectivity index (χ2v) is 7.20. The van der Waals surface area contributed by atoms with Gasteiger partial charge in [-0.15, -0.1) is 0 Å². The first-order valence-corrected chi connectivity index (χ1v) is 8.33. The number of rotatable bonds is 4. The lowest BCUT2D eigenvalue weighted by Gasteiger charge is -2.18. The third kappa shape index (κ3) is 3.59. The molecule has 0 saturated carbocycles. The number of hydrogen-bond acceptors (Lipinski definition) is 3. The van der Waals surface area contributed by atoms with Gasteiger partial charge in [0.25, 0.3) is 5.91 Å². The lowest BCUT2D eigenvalue weighted by molar-refractivity contribution is -0.139. The van der Waals surface area contributed by atoms with Crippen LogP contribution in [-0.2, 0) is 10.3 Å². The first-order chi connectivity index (χ1) is 12.3. The van der Waals surface area contributed by atoms with Crippen molar-refractivity contribution in [3.63, 3.8) is 0 Å². The lowest BCUT2D eigenvalue weighted by atomic mass is 10.0. The molecule has 0 radical (unpaired) electrons. The summed E-state index contributed by atoms with van der Waals surface area (Å²) in [5, 5.41) is 18.3. The summed E-state index contributed by atoms with van der Waals surface area (Å²) < 4.78 is 1.67. The molecule has 1 amide bonds. The van der Waals surface area contributed by atoms with Gasteiger partial charge >= 0.3 is 5.97 Å². The van der Waals surface area contributed by atoms with Crippen LogP contribution in [0.1, 0.15) is 42.7 Å². The SMILES string of the molecule is CC(C)(C)n1cc(C(=O)NC(C(=O)O)c2ccc3ccccc3c2)cn1. The number of hydrogen-bond donors (Lipinski definition) is 2. The van der Waals surface area contributed by atoms with Crippen LogP contribution in [0.25, 0.3) is 10.8 Å². The fraction of sp³-hybridized carbons (Fsp3) is 0.250. The molecular weight excluding hydrogens is 330 g/mol. The van der Waals surface area contributed by atoms with E-state index in [1.165, 1.54) is 6.20 Å². The van der Waals surface area contributed by atoms with Gasteiger partial charge in [-0.2, -0.15) is 5.10 Å². The average Bonchev–Trinajstić information content (AvgIpc) is 3.09. The van der Waals surface area contributed by atoms with E-state index >= 15 is 0 Å². The van der Waals surface area contributed by atoms with Crippen molar-refractivity contribution in [1.29, 1.82) is 0 Å². The minimum atomic E-state index is -1.13. The Kier molecular flexibility index (Phi) is 4.50. The summed E-state index contributed by atoms with van der Waals surface area (Å²) in [4.78, 5) is 24.2. The maximum Gasteiger partial charge on any atom is 0.330 e. The van der Waals surface area contributed by atoms with E-state index in [0.717, 1.165) is 10.8 Å². The number of carboxylic acids is 1. The molecule has 0 fully saturated rings. The lowest BCUT2D eigenvalue weighted by Crippen LogP contribution is -2.33. The van der Waals surface area contributed by atoms with Gasteiger partial charge in [0.2, 0.25) is 0 Å². The van der Waals surface area contributed by atoms with Gasteiger partial charge in [-0.25, -0.2) is 4.79 Å². The number of aliphatic carboxylic acids is 1. The molecule has 26 heavy (non-hydrogen) atoms. The number of benzene rings is 2. The van der Waals surface area contributed by atoms with Crippen LogP contribution >= 0.6 is 0 Å². The van der Waals surface area contributed by atoms with Crippen molar-refractivity contribution in [2.24, 2.45) is 0 Å². The second kappa shape index (κ2) is 6.63. The number of fused-ring (bicyclic) bond motifs is 1. The zero-order valence-corrected chi connectivity index (χ0v) is 14.9. The Morgan fingerprint density at radius 3 is 2.42 bits per heavy atom. The van der Waals surface area contributed by atoms with E-state index in [1.54, 1.807) is 23.0 Å². The van der Waals surface area contributed by atoms with Crippen molar-refractivity contribution in [1.82, 2.24) is 15.1 Å². The number of carbonyl (C=O) groups excluding carboxylic acids is 1. The standard InChI is InChI=1S/C20H21N3O3/c1-20(2,3)23-12-16(11-21-23)18(24)22-17(19(25)26)15-9-8-13-6-4-5-7-14(13)10-15/h4-12,17H,1-3H3,(H,22,24)(H,25,26). The number of nitrogens with zero attached hydrogens (tertiary/aromatic N) is 2. The van der Waals surface area contributed by atoms with Crippen LogP contribution in [-0.4, -0.2) is 26.8 Å². The quantitative estimate of drug-likeness (QED) is 0.755. The highest BCUT2D eigenvalue weighted by atomic mass is 16.4. The summed E-state index contributed by atoms with van der Waals surface area (Å²) in [7, 11) is 0. The molecule has 6 nitrogen and oxygen atoms in total. The van der Waals surface area contributed by atoms with Crippen LogP contribution < -0.4 is 5.32 Å². The molecule has 3 rings (SSSR count). The van der Waals surface area contributed by atoms with Gasteiger partial charge < -0.3 is 10.4 Å². The number of nitrogens with one attached hydrogen (secondary N) is 1. The predicted octanol–water partition coefficient (Wildman–Crippen LogP) is 3.35. The zero-order chi connectivity index (χ0) is 18.9. The Labute approximate surface area is 151 Å². The fourth-order valence-electron chi connectivity index (χ4n) is 2.70. The van der Waals surface area contributed by atoms with Crippen molar-refractivity contribution in [3.05, 3.63) is 66.0 Å². The van der Waals surface area contributed by atoms with Crippen LogP contribution in [0, 0.1) is 0 Å². The molecule has 1 atom stereocenters. The number of amides is 1. The molecule has 3 aromatic rings. The molecule has 0 saturated heterocycles. The number of carboxylic acid groups (broad SMARTS) is 1. The molecule has 1 aromatic heterocycles. The van der Waals surface area contributed by atoms with E-state index in [1.807, 2.05) is 51.1 Å². The van der Waals surface area contributed by atoms with Crippen molar-refractivity contribution in [2.75, 3.05) is 0 Å². The normalized spacial score (nSPS) is 12.7. The first-order valence-electron chi connectivity index (χ1n) is 8.33. The first kappa shape index (κ1) is 17.7. The molecule has 0 spiro atoms. The summed E-state index contributed by atoms with van der Waals surface area (Å²) in [5.74, 6) is -1.59. The molecule has 1 unspecified atom stereocenters. The number of aromatic nitrogens is 2. The van der Waals surface area contributed by atoms with Crippen LogP contribution in [0.2, 0.25) is 0 Å². The molecule has 0 aliphatic heterocycles. The van der Waals surface area contributed by atoms with Crippen molar-refractivity contribution in [3.8, 4) is 0 Å². The third-order valence-electron chi connectivity index (χ3n) is 4.16. The molecular formula is C20H21N3O3. The third-order valence-corrected chi connectivity index (χ3v) is 4.16. The highest BCUT2D eigenvalue weighted by Gasteiger charge is 2.24. The van der Waals surface area contributed by atoms with Gasteiger partial charge in [0, 0.05) is 6.20 Å². The van der Waals surface area contributed by atoms with Gasteiger partial charge in [-0.1, -0.05) is 36.4 Å². The molecule has 0 bridgehead atoms. The largest absolute Gasteiger partial charge is 0.479 e. The van der Waals surface area contributed by atoms with Crippen molar-refractivity contribution in [2.45, 2.75) is 32.4 Å². The average molecular weight is 351 g/mol. The summed E-state index contributed by atoms with van der Waals surface area (Å²) in [6.07, 6.45) is 3.06. The Balaban J connectivity index is 1.87. The molecule has 2 aromatic carbocycles. The Bertz CT molecular complexity index is 970. The van der Waals surface area contributed by atoms with E-state index in [9.17, 15) is 14.7 Å². The van der Waals surface area contributed by atoms with Crippen LogP contribution in [0.15, 0.2) is 54.9 Å². The molecule has 1 heterocycles. The van der Waals surface area contributed by atoms with Gasteiger partial charge in [0.15, 0.2) is 6.04 Å². The molecule has 0 aliphatic carbocycles. The Morgan fingerprint density at radius 2 is 1.81 bits per heavy atom. The summed E-state index contributed by atoms with van der Waals surface area (Å²) in [6, 6.07) is 11.9. The van der Waals surface area contributed by atoms with Crippen LogP contribution in [0.4, 0.5) is 0 Å². The molecule has 0 aliphatic rings. The van der Waals surface area contributed by atoms with E-state index in [-0.39, 0.29) is 5.54 Å². The minimum absolute atomic E-state index is 0.261. The van der Waals surface area contributed by atoms with E-state index < -0.39 is 17.9 Å². The minimum Gasteiger partial charge on any atom is -0.479 e. The van der Waals surface area contributed by atoms with Crippen LogP contribution in [0.5, 0.6) is 0 Å². The fourth-order valence-corrected chi connectivity index (χ4v) is 2.70. The number of carbonyl (C=O) groups is 2. The van der Waals surface area contributed by atoms with Gasteiger partial charge in [-0.05, 0) is 43.2 Å². The maximum atomic E-state index is 12.5. The highest BCUT2D eigenvalue weighted by Crippen LogP contribution is 2.21. The Morgan fingerprint density at radius 1 is 1.12 bits per heavy atom. The van der Waals surface area contributed by atoms with E-state index in [4.69, 9.17) is 0 Å². The maximum absolute atomic E-state index is 12.5. The molecule has 6 heteroatoms. The molecule has 134 valence electrons. The summed E-state index contributed by atoms with van der Waals surface area (Å²) in [5.41, 5.74) is 0.586. The van der Waals surface area contributed by atoms with E-state index in [2.05, 4.69) is 10.4 Å². The van der Waals surface area contributed by atoms with Gasteiger partial charge in [0.05, 0.1) is 17.3 Å². The van der Waals surface area contributed by atoms with Gasteiger partial charge in [-0.3, -0.25) is 9.48 Å². The Hall–Kier alpha value is -3.15. The van der Waals surface area contributed by atoms with Crippen LogP contribution in [0.3, 0.4) is 0 Å². The highest BCUT2D eigenvalue weighted by molar-refractivity contribution is 5.96. The van der Waals surface area contributed by atoms with Crippen molar-refractivity contribution < 1.29 is 14.7 Å². The van der Waals surface area contributed by atoms with Crippen molar-refractivity contribution >= 4 is 22.6 Å². The monoisotopic (exact) mass is 351 g/mol.